The van der Waals surface area contributed by atoms with Gasteiger partial charge in [0.1, 0.15) is 0 Å². The van der Waals surface area contributed by atoms with Gasteiger partial charge in [0.2, 0.25) is 6.79 Å². The standard InChI is InChI=1S/C16H11NO3/c18-16-11-4-5-12-15(20-8-19-12)13(11)10-3-1-2-9-6-7-17(16)14(9)10/h1-5H,6-8H2. The molecule has 0 aliphatic carbocycles. The summed E-state index contributed by atoms with van der Waals surface area (Å²) < 4.78 is 12.9. The van der Waals surface area contributed by atoms with E-state index >= 15 is 0 Å². The number of nitrogens with zero attached hydrogens (tertiary/aromatic N) is 1. The van der Waals surface area contributed by atoms with E-state index in [0.29, 0.717) is 11.1 Å². The van der Waals surface area contributed by atoms with E-state index in [1.807, 2.05) is 22.8 Å². The number of aromatic nitrogens is 1. The molecule has 2 aliphatic heterocycles. The Bertz CT molecular complexity index is 955. The molecule has 5 rings (SSSR count). The zero-order chi connectivity index (χ0) is 13.3. The number of para-hydroxylation sites is 1. The summed E-state index contributed by atoms with van der Waals surface area (Å²) in [4.78, 5) is 12.7. The van der Waals surface area contributed by atoms with Crippen molar-refractivity contribution in [2.45, 2.75) is 13.0 Å². The van der Waals surface area contributed by atoms with Gasteiger partial charge in [-0.25, -0.2) is 0 Å². The van der Waals surface area contributed by atoms with Crippen molar-refractivity contribution in [3.05, 3.63) is 46.2 Å². The monoisotopic (exact) mass is 265 g/mol. The lowest BCUT2D eigenvalue weighted by Gasteiger charge is -2.10. The van der Waals surface area contributed by atoms with Crippen molar-refractivity contribution < 1.29 is 9.47 Å². The van der Waals surface area contributed by atoms with Crippen molar-refractivity contribution in [2.75, 3.05) is 6.79 Å². The lowest BCUT2D eigenvalue weighted by molar-refractivity contribution is 0.175. The third-order valence-corrected chi connectivity index (χ3v) is 4.28. The predicted octanol–water partition coefficient (Wildman–Crippen LogP) is 2.44. The second kappa shape index (κ2) is 3.33. The Hall–Kier alpha value is -2.49. The van der Waals surface area contributed by atoms with E-state index in [1.165, 1.54) is 5.56 Å². The van der Waals surface area contributed by atoms with Crippen LogP contribution in [0.5, 0.6) is 11.5 Å². The third kappa shape index (κ3) is 1.06. The molecule has 0 saturated heterocycles. The van der Waals surface area contributed by atoms with Crippen molar-refractivity contribution in [3.63, 3.8) is 0 Å². The molecule has 0 N–H and O–H groups in total. The van der Waals surface area contributed by atoms with Gasteiger partial charge in [-0.15, -0.1) is 0 Å². The summed E-state index contributed by atoms with van der Waals surface area (Å²) in [7, 11) is 0. The Kier molecular flexibility index (Phi) is 1.72. The molecule has 3 aromatic rings. The molecular formula is C16H11NO3. The number of ether oxygens (including phenoxy) is 2. The molecular weight excluding hydrogens is 254 g/mol. The summed E-state index contributed by atoms with van der Waals surface area (Å²) >= 11 is 0. The molecule has 0 saturated carbocycles. The SMILES string of the molecule is O=c1c2ccc3c(c2c2cccc4c2n1CC4)OCO3. The minimum Gasteiger partial charge on any atom is -0.454 e. The zero-order valence-electron chi connectivity index (χ0n) is 10.7. The number of fused-ring (bicyclic) bond motifs is 4. The molecule has 0 atom stereocenters. The highest BCUT2D eigenvalue weighted by molar-refractivity contribution is 6.11. The van der Waals surface area contributed by atoms with Gasteiger partial charge in [-0.05, 0) is 24.1 Å². The molecule has 98 valence electrons. The fraction of sp³-hybridized carbons (Fsp3) is 0.188. The van der Waals surface area contributed by atoms with Crippen molar-refractivity contribution in [2.24, 2.45) is 0 Å². The molecule has 0 fully saturated rings. The van der Waals surface area contributed by atoms with Crippen LogP contribution >= 0.6 is 0 Å². The zero-order valence-corrected chi connectivity index (χ0v) is 10.7. The lowest BCUT2D eigenvalue weighted by atomic mass is 10.0. The van der Waals surface area contributed by atoms with E-state index < -0.39 is 0 Å². The summed E-state index contributed by atoms with van der Waals surface area (Å²) in [6.07, 6.45) is 0.919. The second-order valence-corrected chi connectivity index (χ2v) is 5.24. The summed E-state index contributed by atoms with van der Waals surface area (Å²) in [5, 5.41) is 2.68. The van der Waals surface area contributed by atoms with Crippen LogP contribution in [-0.2, 0) is 13.0 Å². The fourth-order valence-corrected chi connectivity index (χ4v) is 3.42. The van der Waals surface area contributed by atoms with Gasteiger partial charge in [-0.3, -0.25) is 4.79 Å². The van der Waals surface area contributed by atoms with Crippen molar-refractivity contribution in [3.8, 4) is 11.5 Å². The highest BCUT2D eigenvalue weighted by Gasteiger charge is 2.24. The largest absolute Gasteiger partial charge is 0.454 e. The van der Waals surface area contributed by atoms with Crippen molar-refractivity contribution >= 4 is 21.7 Å². The molecule has 0 radical (unpaired) electrons. The Morgan fingerprint density at radius 2 is 2.00 bits per heavy atom. The normalized spacial score (nSPS) is 15.4. The topological polar surface area (TPSA) is 40.5 Å². The summed E-state index contributed by atoms with van der Waals surface area (Å²) in [5.41, 5.74) is 2.35. The van der Waals surface area contributed by atoms with Gasteiger partial charge in [0, 0.05) is 17.3 Å². The number of rotatable bonds is 0. The average Bonchev–Trinajstić information content (AvgIpc) is 3.11. The van der Waals surface area contributed by atoms with Crippen LogP contribution in [0.3, 0.4) is 0 Å². The maximum Gasteiger partial charge on any atom is 0.259 e. The highest BCUT2D eigenvalue weighted by atomic mass is 16.7. The molecule has 0 spiro atoms. The fourth-order valence-electron chi connectivity index (χ4n) is 3.42. The molecule has 0 amide bonds. The van der Waals surface area contributed by atoms with Crippen LogP contribution < -0.4 is 15.0 Å². The van der Waals surface area contributed by atoms with E-state index in [1.54, 1.807) is 0 Å². The molecule has 1 aromatic heterocycles. The van der Waals surface area contributed by atoms with Gasteiger partial charge >= 0.3 is 0 Å². The Balaban J connectivity index is 2.15. The first-order valence-corrected chi connectivity index (χ1v) is 6.71. The average molecular weight is 265 g/mol. The van der Waals surface area contributed by atoms with Crippen LogP contribution in [0.25, 0.3) is 21.7 Å². The van der Waals surface area contributed by atoms with Crippen LogP contribution in [0.1, 0.15) is 5.56 Å². The Morgan fingerprint density at radius 1 is 1.05 bits per heavy atom. The summed E-state index contributed by atoms with van der Waals surface area (Å²) in [6, 6.07) is 9.87. The van der Waals surface area contributed by atoms with Crippen LogP contribution in [0.2, 0.25) is 0 Å². The lowest BCUT2D eigenvalue weighted by Crippen LogP contribution is -2.18. The number of pyridine rings is 1. The van der Waals surface area contributed by atoms with E-state index in [-0.39, 0.29) is 12.4 Å². The van der Waals surface area contributed by atoms with Gasteiger partial charge in [0.15, 0.2) is 11.5 Å². The highest BCUT2D eigenvalue weighted by Crippen LogP contribution is 2.42. The van der Waals surface area contributed by atoms with Crippen molar-refractivity contribution in [1.29, 1.82) is 0 Å². The van der Waals surface area contributed by atoms with Gasteiger partial charge in [-0.2, -0.15) is 0 Å². The molecule has 2 aromatic carbocycles. The van der Waals surface area contributed by atoms with E-state index in [4.69, 9.17) is 9.47 Å². The smallest absolute Gasteiger partial charge is 0.259 e. The molecule has 4 nitrogen and oxygen atoms in total. The van der Waals surface area contributed by atoms with Gasteiger partial charge in [0.05, 0.1) is 10.9 Å². The van der Waals surface area contributed by atoms with E-state index in [2.05, 4.69) is 12.1 Å². The van der Waals surface area contributed by atoms with Crippen LogP contribution in [0.15, 0.2) is 35.1 Å². The molecule has 3 heterocycles. The quantitative estimate of drug-likeness (QED) is 0.586. The Labute approximate surface area is 114 Å². The van der Waals surface area contributed by atoms with Gasteiger partial charge in [-0.1, -0.05) is 18.2 Å². The number of hydrogen-bond donors (Lipinski definition) is 0. The summed E-state index contributed by atoms with van der Waals surface area (Å²) in [6.45, 7) is 0.984. The minimum absolute atomic E-state index is 0.0655. The minimum atomic E-state index is 0.0655. The third-order valence-electron chi connectivity index (χ3n) is 4.28. The first-order chi connectivity index (χ1) is 9.84. The maximum absolute atomic E-state index is 12.7. The van der Waals surface area contributed by atoms with E-state index in [9.17, 15) is 4.79 Å². The molecule has 20 heavy (non-hydrogen) atoms. The maximum atomic E-state index is 12.7. The number of aryl methyl sites for hydroxylation is 2. The van der Waals surface area contributed by atoms with Crippen LogP contribution in [0, 0.1) is 0 Å². The molecule has 0 unspecified atom stereocenters. The second-order valence-electron chi connectivity index (χ2n) is 5.24. The predicted molar refractivity (Wildman–Crippen MR) is 75.5 cm³/mol. The van der Waals surface area contributed by atoms with Crippen LogP contribution in [0.4, 0.5) is 0 Å². The van der Waals surface area contributed by atoms with E-state index in [0.717, 1.165) is 35.0 Å². The number of hydrogen-bond acceptors (Lipinski definition) is 3. The first-order valence-electron chi connectivity index (χ1n) is 6.71. The molecule has 0 bridgehead atoms. The van der Waals surface area contributed by atoms with Crippen LogP contribution in [-0.4, -0.2) is 11.4 Å². The number of benzene rings is 2. The van der Waals surface area contributed by atoms with Gasteiger partial charge < -0.3 is 14.0 Å². The van der Waals surface area contributed by atoms with Gasteiger partial charge in [0.25, 0.3) is 5.56 Å². The molecule has 4 heteroatoms. The first kappa shape index (κ1) is 10.3. The van der Waals surface area contributed by atoms with Crippen molar-refractivity contribution in [1.82, 2.24) is 4.57 Å². The molecule has 2 aliphatic rings. The Morgan fingerprint density at radius 3 is 2.95 bits per heavy atom. The summed E-state index contributed by atoms with van der Waals surface area (Å²) in [5.74, 6) is 1.43.